The maximum absolute atomic E-state index is 4.62. The minimum atomic E-state index is 0.485. The Morgan fingerprint density at radius 3 is 2.95 bits per heavy atom. The number of aryl methyl sites for hydroxylation is 1. The number of hydrogen-bond acceptors (Lipinski definition) is 4. The van der Waals surface area contributed by atoms with Crippen LogP contribution in [0.2, 0.25) is 0 Å². The van der Waals surface area contributed by atoms with Gasteiger partial charge in [0.05, 0.1) is 6.54 Å². The first-order chi connectivity index (χ1) is 9.79. The molecule has 1 aliphatic rings. The molecular weight excluding hydrogens is 286 g/mol. The summed E-state index contributed by atoms with van der Waals surface area (Å²) in [6.45, 7) is 2.71. The van der Waals surface area contributed by atoms with Crippen molar-refractivity contribution in [3.8, 4) is 0 Å². The van der Waals surface area contributed by atoms with Gasteiger partial charge in [0.15, 0.2) is 5.17 Å². The minimum absolute atomic E-state index is 0.485. The average Bonchev–Trinajstić information content (AvgIpc) is 3.07. The molecule has 0 radical (unpaired) electrons. The van der Waals surface area contributed by atoms with E-state index < -0.39 is 0 Å². The average molecular weight is 303 g/mol. The molecule has 0 aliphatic carbocycles. The van der Waals surface area contributed by atoms with Crippen molar-refractivity contribution in [2.75, 3.05) is 5.75 Å². The molecule has 1 N–H and O–H groups in total. The molecule has 1 aromatic carbocycles. The van der Waals surface area contributed by atoms with E-state index in [0.29, 0.717) is 12.6 Å². The van der Waals surface area contributed by atoms with Crippen molar-refractivity contribution >= 4 is 28.3 Å². The molecule has 3 nitrogen and oxygen atoms in total. The molecule has 1 atom stereocenters. The molecule has 104 valence electrons. The van der Waals surface area contributed by atoms with Gasteiger partial charge in [-0.25, -0.2) is 4.98 Å². The van der Waals surface area contributed by atoms with Crippen molar-refractivity contribution < 1.29 is 0 Å². The molecular formula is C15H17N3S2. The summed E-state index contributed by atoms with van der Waals surface area (Å²) in [5.41, 5.74) is 2.46. The number of aliphatic imine (C=N–C) groups is 1. The van der Waals surface area contributed by atoms with Gasteiger partial charge < -0.3 is 5.32 Å². The Bertz CT molecular complexity index is 592. The lowest BCUT2D eigenvalue weighted by molar-refractivity contribution is 0.686. The van der Waals surface area contributed by atoms with E-state index in [0.717, 1.165) is 28.0 Å². The van der Waals surface area contributed by atoms with Crippen molar-refractivity contribution in [1.29, 1.82) is 0 Å². The van der Waals surface area contributed by atoms with E-state index in [1.165, 1.54) is 5.56 Å². The summed E-state index contributed by atoms with van der Waals surface area (Å²) >= 11 is 3.49. The van der Waals surface area contributed by atoms with Crippen LogP contribution in [0.25, 0.3) is 0 Å². The van der Waals surface area contributed by atoms with Gasteiger partial charge in [0, 0.05) is 22.9 Å². The van der Waals surface area contributed by atoms with Crippen LogP contribution in [-0.2, 0) is 13.0 Å². The van der Waals surface area contributed by atoms with Crippen molar-refractivity contribution in [3.05, 3.63) is 52.0 Å². The van der Waals surface area contributed by atoms with E-state index in [2.05, 4.69) is 51.0 Å². The van der Waals surface area contributed by atoms with Crippen LogP contribution in [0.15, 0.2) is 40.7 Å². The lowest BCUT2D eigenvalue weighted by atomic mass is 10.1. The van der Waals surface area contributed by atoms with Crippen molar-refractivity contribution in [1.82, 2.24) is 10.3 Å². The summed E-state index contributed by atoms with van der Waals surface area (Å²) in [5.74, 6) is 1.09. The topological polar surface area (TPSA) is 37.3 Å². The molecule has 3 rings (SSSR count). The van der Waals surface area contributed by atoms with Gasteiger partial charge in [-0.3, -0.25) is 4.99 Å². The zero-order chi connectivity index (χ0) is 13.8. The Morgan fingerprint density at radius 2 is 2.20 bits per heavy atom. The summed E-state index contributed by atoms with van der Waals surface area (Å²) < 4.78 is 0. The second-order valence-corrected chi connectivity index (χ2v) is 6.80. The van der Waals surface area contributed by atoms with Crippen LogP contribution in [0, 0.1) is 6.92 Å². The molecule has 0 bridgehead atoms. The summed E-state index contributed by atoms with van der Waals surface area (Å²) in [6.07, 6.45) is 1.06. The van der Waals surface area contributed by atoms with Gasteiger partial charge in [0.25, 0.3) is 0 Å². The van der Waals surface area contributed by atoms with Gasteiger partial charge in [-0.2, -0.15) is 0 Å². The molecule has 1 fully saturated rings. The number of thioether (sulfide) groups is 1. The predicted molar refractivity (Wildman–Crippen MR) is 87.5 cm³/mol. The van der Waals surface area contributed by atoms with Crippen LogP contribution < -0.4 is 5.32 Å². The first-order valence-electron chi connectivity index (χ1n) is 6.68. The quantitative estimate of drug-likeness (QED) is 0.942. The van der Waals surface area contributed by atoms with E-state index in [1.807, 2.05) is 18.7 Å². The van der Waals surface area contributed by atoms with Crippen LogP contribution in [0.1, 0.15) is 16.3 Å². The number of benzene rings is 1. The Kier molecular flexibility index (Phi) is 4.38. The second-order valence-electron chi connectivity index (χ2n) is 4.85. The number of nitrogens with zero attached hydrogens (tertiary/aromatic N) is 2. The van der Waals surface area contributed by atoms with Crippen molar-refractivity contribution in [2.45, 2.75) is 25.9 Å². The van der Waals surface area contributed by atoms with Crippen LogP contribution in [0.5, 0.6) is 0 Å². The number of amidine groups is 1. The Balaban J connectivity index is 1.54. The first kappa shape index (κ1) is 13.6. The Labute approximate surface area is 127 Å². The van der Waals surface area contributed by atoms with Crippen LogP contribution in [0.3, 0.4) is 0 Å². The van der Waals surface area contributed by atoms with E-state index in [-0.39, 0.29) is 0 Å². The minimum Gasteiger partial charge on any atom is -0.361 e. The highest BCUT2D eigenvalue weighted by Crippen LogP contribution is 2.18. The highest BCUT2D eigenvalue weighted by molar-refractivity contribution is 8.14. The van der Waals surface area contributed by atoms with Gasteiger partial charge in [-0.15, -0.1) is 11.3 Å². The Morgan fingerprint density at radius 1 is 1.35 bits per heavy atom. The largest absolute Gasteiger partial charge is 0.361 e. The standard InChI is InChI=1S/C15H17N3S2/c1-11-9-19-14(17-11)8-16-15-18-13(10-20-15)7-12-5-3-2-4-6-12/h2-6,9,13H,7-8,10H2,1H3,(H,16,18). The maximum Gasteiger partial charge on any atom is 0.157 e. The predicted octanol–water partition coefficient (Wildman–Crippen LogP) is 3.26. The molecule has 1 saturated heterocycles. The molecule has 2 heterocycles. The Hall–Kier alpha value is -1.33. The molecule has 1 aliphatic heterocycles. The molecule has 1 unspecified atom stereocenters. The molecule has 5 heteroatoms. The highest BCUT2D eigenvalue weighted by Gasteiger charge is 2.20. The first-order valence-corrected chi connectivity index (χ1v) is 8.55. The molecule has 0 saturated carbocycles. The molecule has 2 aromatic rings. The fourth-order valence-corrected chi connectivity index (χ4v) is 3.81. The third-order valence-corrected chi connectivity index (χ3v) is 5.14. The zero-order valence-electron chi connectivity index (χ0n) is 11.4. The number of nitrogens with one attached hydrogen (secondary N) is 1. The number of aromatic nitrogens is 1. The lowest BCUT2D eigenvalue weighted by Gasteiger charge is -2.09. The monoisotopic (exact) mass is 303 g/mol. The van der Waals surface area contributed by atoms with E-state index in [9.17, 15) is 0 Å². The van der Waals surface area contributed by atoms with Gasteiger partial charge in [0.1, 0.15) is 5.01 Å². The van der Waals surface area contributed by atoms with E-state index >= 15 is 0 Å². The fourth-order valence-electron chi connectivity index (χ4n) is 2.15. The number of thiazole rings is 1. The third kappa shape index (κ3) is 3.61. The van der Waals surface area contributed by atoms with Crippen LogP contribution in [-0.4, -0.2) is 21.9 Å². The fraction of sp³-hybridized carbons (Fsp3) is 0.333. The zero-order valence-corrected chi connectivity index (χ0v) is 13.0. The molecule has 1 aromatic heterocycles. The molecule has 0 spiro atoms. The normalized spacial score (nSPS) is 20.2. The molecule has 20 heavy (non-hydrogen) atoms. The summed E-state index contributed by atoms with van der Waals surface area (Å²) in [5, 5.41) is 7.72. The summed E-state index contributed by atoms with van der Waals surface area (Å²) in [7, 11) is 0. The van der Waals surface area contributed by atoms with E-state index in [4.69, 9.17) is 0 Å². The third-order valence-electron chi connectivity index (χ3n) is 3.10. The highest BCUT2D eigenvalue weighted by atomic mass is 32.2. The van der Waals surface area contributed by atoms with Crippen molar-refractivity contribution in [2.24, 2.45) is 4.99 Å². The summed E-state index contributed by atoms with van der Waals surface area (Å²) in [4.78, 5) is 9.05. The SMILES string of the molecule is Cc1csc(CN=C2NC(Cc3ccccc3)CS2)n1. The van der Waals surface area contributed by atoms with Gasteiger partial charge in [-0.1, -0.05) is 42.1 Å². The second kappa shape index (κ2) is 6.41. The number of rotatable bonds is 4. The van der Waals surface area contributed by atoms with Gasteiger partial charge in [0.2, 0.25) is 0 Å². The maximum atomic E-state index is 4.62. The smallest absolute Gasteiger partial charge is 0.157 e. The lowest BCUT2D eigenvalue weighted by Crippen LogP contribution is -2.29. The van der Waals surface area contributed by atoms with Gasteiger partial charge >= 0.3 is 0 Å². The van der Waals surface area contributed by atoms with Crippen molar-refractivity contribution in [3.63, 3.8) is 0 Å². The molecule has 0 amide bonds. The van der Waals surface area contributed by atoms with Gasteiger partial charge in [-0.05, 0) is 18.9 Å². The van der Waals surface area contributed by atoms with Crippen LogP contribution in [0.4, 0.5) is 0 Å². The van der Waals surface area contributed by atoms with Crippen LogP contribution >= 0.6 is 23.1 Å². The number of hydrogen-bond donors (Lipinski definition) is 1. The summed E-state index contributed by atoms with van der Waals surface area (Å²) in [6, 6.07) is 11.1. The van der Waals surface area contributed by atoms with E-state index in [1.54, 1.807) is 11.3 Å².